The van der Waals surface area contributed by atoms with Gasteiger partial charge in [-0.1, -0.05) is 67.8 Å². The molecule has 12 heterocycles. The number of piperazine rings is 3. The quantitative estimate of drug-likeness (QED) is 0.0451. The average molecular weight is 1770 g/mol. The molecule has 16 rings (SSSR count). The van der Waals surface area contributed by atoms with Crippen LogP contribution in [0, 0.1) is 49.7 Å². The fourth-order valence-electron chi connectivity index (χ4n) is 18.7. The maximum absolute atomic E-state index is 12.5. The van der Waals surface area contributed by atoms with Gasteiger partial charge in [-0.15, -0.1) is 0 Å². The van der Waals surface area contributed by atoms with Crippen molar-refractivity contribution in [3.63, 3.8) is 0 Å². The molecule has 3 amide bonds. The minimum absolute atomic E-state index is 0. The fourth-order valence-corrected chi connectivity index (χ4v) is 18.7. The normalized spacial score (nSPS) is 20.4. The number of ether oxygens (including phenoxy) is 4. The van der Waals surface area contributed by atoms with Crippen molar-refractivity contribution in [1.82, 2.24) is 59.3 Å². The molecule has 4 aromatic carbocycles. The molecule has 0 unspecified atom stereocenters. The van der Waals surface area contributed by atoms with Crippen LogP contribution in [0.15, 0.2) is 117 Å². The highest BCUT2D eigenvalue weighted by Crippen LogP contribution is 2.40. The van der Waals surface area contributed by atoms with Gasteiger partial charge in [-0.2, -0.15) is 94.4 Å². The van der Waals surface area contributed by atoms with Crippen molar-refractivity contribution in [1.29, 1.82) is 10.5 Å². The van der Waals surface area contributed by atoms with E-state index in [1.165, 1.54) is 53.1 Å². The lowest BCUT2D eigenvalue weighted by molar-refractivity contribution is -0.129. The Labute approximate surface area is 764 Å². The third-order valence-corrected chi connectivity index (χ3v) is 25.5. The molecular weight excluding hydrogens is 1650 g/mol. The molecular formula is C92H120N22O7S4. The first kappa shape index (κ1) is 96.5. The number of aryl methyl sites for hydroxylation is 1. The van der Waals surface area contributed by atoms with Gasteiger partial charge in [0.15, 0.2) is 0 Å². The van der Waals surface area contributed by atoms with E-state index in [2.05, 4.69) is 163 Å². The lowest BCUT2D eigenvalue weighted by atomic mass is 10.0. The van der Waals surface area contributed by atoms with E-state index in [1.807, 2.05) is 36.4 Å². The molecule has 33 heteroatoms. The molecule has 6 fully saturated rings. The third-order valence-electron chi connectivity index (χ3n) is 25.5. The number of fused-ring (bicyclic) bond motifs is 4. The first-order valence-corrected chi connectivity index (χ1v) is 42.5. The number of anilines is 6. The van der Waals surface area contributed by atoms with Gasteiger partial charge in [0.1, 0.15) is 61.2 Å². The number of methoxy groups -OCH3 is 1. The SMILES string of the molecule is C=CC(=O)N1CCN(c2nc(OC[C@@H]3CCCN3C)nc3c2CCN(c2ccccc2C#N)C3)C[C@@H]1CC#N.S.S.S.S.[C-]#[N+]C[C@H]1CN(c2nc(OC[C@@H]3CCCN3C)nc3c2CCN(c2cccc(OC)c2C)C3)CCN1C(=O)C=C.[C-]#[N+]C[C@H]1CN(c2nc(OC[C@@H]3CCCN3C)nc3c2CCN(c2cccc4ccc(C)cc24)C3)CCN1C(=O)C=C. The molecule has 0 saturated carbocycles. The van der Waals surface area contributed by atoms with Crippen LogP contribution < -0.4 is 48.3 Å². The number of benzene rings is 4. The highest BCUT2D eigenvalue weighted by molar-refractivity contribution is 7.59. The second-order valence-electron chi connectivity index (χ2n) is 32.8. The zero-order valence-electron chi connectivity index (χ0n) is 72.9. The van der Waals surface area contributed by atoms with Crippen molar-refractivity contribution < 1.29 is 33.3 Å². The number of amides is 3. The fraction of sp³-hybridized carbons (Fsp3) is 0.489. The molecule has 0 bridgehead atoms. The predicted octanol–water partition coefficient (Wildman–Crippen LogP) is 10.0. The van der Waals surface area contributed by atoms with Crippen LogP contribution in [0.1, 0.15) is 95.4 Å². The number of likely N-dealkylation sites (N-methyl/N-ethyl adjacent to an activating group) is 3. The monoisotopic (exact) mass is 1770 g/mol. The largest absolute Gasteiger partial charge is 0.496 e. The Balaban J connectivity index is 0.000000193. The Morgan fingerprint density at radius 2 is 0.880 bits per heavy atom. The summed E-state index contributed by atoms with van der Waals surface area (Å²) in [6, 6.07) is 32.9. The highest BCUT2D eigenvalue weighted by atomic mass is 32.1. The minimum atomic E-state index is -0.251. The molecule has 9 aliphatic rings. The number of carbonyl (C=O) groups is 3. The molecule has 9 aliphatic heterocycles. The molecule has 7 aromatic rings. The molecule has 0 N–H and O–H groups in total. The van der Waals surface area contributed by atoms with E-state index >= 15 is 0 Å². The molecule has 664 valence electrons. The summed E-state index contributed by atoms with van der Waals surface area (Å²) in [6.07, 6.45) is 13.3. The first-order chi connectivity index (χ1) is 58.9. The topological polar surface area (TPSA) is 261 Å². The molecule has 29 nitrogen and oxygen atoms in total. The van der Waals surface area contributed by atoms with Crippen LogP contribution in [-0.2, 0) is 53.3 Å². The average Bonchev–Trinajstić information content (AvgIpc) is 1.06. The van der Waals surface area contributed by atoms with Gasteiger partial charge in [0.25, 0.3) is 0 Å². The summed E-state index contributed by atoms with van der Waals surface area (Å²) in [7, 11) is 8.09. The summed E-state index contributed by atoms with van der Waals surface area (Å²) < 4.78 is 24.3. The zero-order valence-corrected chi connectivity index (χ0v) is 76.9. The summed E-state index contributed by atoms with van der Waals surface area (Å²) in [6.45, 7) is 44.7. The maximum Gasteiger partial charge on any atom is 0.318 e. The second kappa shape index (κ2) is 44.9. The summed E-state index contributed by atoms with van der Waals surface area (Å²) in [5.41, 5.74) is 12.4. The van der Waals surface area contributed by atoms with Crippen molar-refractivity contribution in [2.24, 2.45) is 0 Å². The molecule has 0 aliphatic carbocycles. The molecule has 0 radical (unpaired) electrons. The number of hydrogen-bond acceptors (Lipinski definition) is 24. The number of nitrogens with zero attached hydrogens (tertiary/aromatic N) is 22. The van der Waals surface area contributed by atoms with Crippen LogP contribution in [0.4, 0.5) is 34.5 Å². The number of rotatable bonds is 22. The Kier molecular flexibility index (Phi) is 34.7. The molecule has 3 aromatic heterocycles. The van der Waals surface area contributed by atoms with Gasteiger partial charge in [0.2, 0.25) is 30.8 Å². The lowest BCUT2D eigenvalue weighted by Crippen LogP contribution is -2.56. The number of nitriles is 2. The van der Waals surface area contributed by atoms with Gasteiger partial charge < -0.3 is 87.4 Å². The molecule has 0 spiro atoms. The molecule has 125 heavy (non-hydrogen) atoms. The van der Waals surface area contributed by atoms with E-state index in [-0.39, 0.29) is 109 Å². The number of aromatic nitrogens is 6. The van der Waals surface area contributed by atoms with E-state index in [0.29, 0.717) is 146 Å². The van der Waals surface area contributed by atoms with Crippen LogP contribution in [0.3, 0.4) is 0 Å². The van der Waals surface area contributed by atoms with Crippen LogP contribution in [0.2, 0.25) is 0 Å². The minimum Gasteiger partial charge on any atom is -0.496 e. The predicted molar refractivity (Wildman–Crippen MR) is 510 cm³/mol. The van der Waals surface area contributed by atoms with Gasteiger partial charge in [-0.05, 0) is 172 Å². The summed E-state index contributed by atoms with van der Waals surface area (Å²) in [5.74, 6) is 3.01. The first-order valence-electron chi connectivity index (χ1n) is 42.5. The maximum atomic E-state index is 12.5. The smallest absolute Gasteiger partial charge is 0.318 e. The van der Waals surface area contributed by atoms with Crippen molar-refractivity contribution in [2.75, 3.05) is 189 Å². The van der Waals surface area contributed by atoms with Crippen LogP contribution in [0.5, 0.6) is 23.8 Å². The van der Waals surface area contributed by atoms with E-state index in [9.17, 15) is 24.9 Å². The van der Waals surface area contributed by atoms with Crippen LogP contribution in [0.25, 0.3) is 20.5 Å². The number of para-hydroxylation sites is 1. The van der Waals surface area contributed by atoms with Gasteiger partial charge in [0.05, 0.1) is 73.6 Å². The molecule has 6 atom stereocenters. The summed E-state index contributed by atoms with van der Waals surface area (Å²) >= 11 is 0. The Hall–Kier alpha value is -10.8. The van der Waals surface area contributed by atoms with Gasteiger partial charge in [0, 0.05) is 136 Å². The zero-order chi connectivity index (χ0) is 84.8. The third kappa shape index (κ3) is 22.2. The van der Waals surface area contributed by atoms with Crippen molar-refractivity contribution in [3.8, 4) is 35.9 Å². The van der Waals surface area contributed by atoms with E-state index in [4.69, 9.17) is 62.0 Å². The highest BCUT2D eigenvalue weighted by Gasteiger charge is 2.40. The van der Waals surface area contributed by atoms with Gasteiger partial charge in [-0.3, -0.25) is 14.4 Å². The van der Waals surface area contributed by atoms with Crippen molar-refractivity contribution in [2.45, 2.75) is 134 Å². The van der Waals surface area contributed by atoms with E-state index < -0.39 is 0 Å². The van der Waals surface area contributed by atoms with Crippen molar-refractivity contribution in [3.05, 3.63) is 190 Å². The van der Waals surface area contributed by atoms with Gasteiger partial charge >= 0.3 is 18.0 Å². The number of carbonyl (C=O) groups excluding carboxylic acids is 3. The lowest BCUT2D eigenvalue weighted by Gasteiger charge is -2.42. The van der Waals surface area contributed by atoms with Crippen molar-refractivity contribution >= 4 is 117 Å². The second-order valence-corrected chi connectivity index (χ2v) is 32.8. The van der Waals surface area contributed by atoms with Crippen LogP contribution in [-0.4, -0.2) is 273 Å². The van der Waals surface area contributed by atoms with Crippen LogP contribution >= 0.6 is 54.0 Å². The Morgan fingerprint density at radius 3 is 1.29 bits per heavy atom. The Bertz CT molecular complexity index is 5160. The van der Waals surface area contributed by atoms with Gasteiger partial charge in [-0.25, -0.2) is 13.1 Å². The van der Waals surface area contributed by atoms with E-state index in [0.717, 1.165) is 152 Å². The summed E-state index contributed by atoms with van der Waals surface area (Å²) in [5, 5.41) is 21.6. The number of likely N-dealkylation sites (tertiary alicyclic amines) is 3. The van der Waals surface area contributed by atoms with E-state index in [1.54, 1.807) is 21.8 Å². The molecule has 6 saturated heterocycles. The summed E-state index contributed by atoms with van der Waals surface area (Å²) in [4.78, 5) is 100. The number of hydrogen-bond donors (Lipinski definition) is 0. The Morgan fingerprint density at radius 1 is 0.480 bits per heavy atom. The standard InChI is InChI=1S/C33H39N7O2.C30H39N7O3.C29H34N8O2.4H2S/c1-5-31(41)40-17-16-39(20-26(40)19-34-3)32-27-13-15-38(30-10-6-8-24-12-11-23(2)18-28(24)30)21-29(27)35-33(36-32)42-22-25-9-7-14-37(25)4;1-6-28(38)37-16-15-36(18-23(37)17-31-3)29-24-12-14-35(26-10-7-11-27(39-5)21(26)2)19-25(24)32-30(33-29)40-20-22-9-8-13-34(22)4;1-3-27(38)37-16-15-36(18-22(37)10-12-30)28-24-11-14-35(26-9-5-4-7-21(26)17-31)19-25(24)32-29(33-28)39-20-23-8-6-13-34(23)2;;;;/h5-6,8,10-12,18,25-26H,1,7,9,13-17,19-22H2,2,4H3;6-7,10-11,22-23H,1,8-9,12-20H2,2,4-5H3;3-5,7,9,22-23H,1,6,8,10-11,13-16,18-20H2,2H3;4*1H2/t25-,26-;2*22-,23-;;;;/m000..../s1.